The molecule has 2 aliphatic heterocycles. The summed E-state index contributed by atoms with van der Waals surface area (Å²) in [5.41, 5.74) is 1.16. The number of fused-ring (bicyclic) bond motifs is 1. The number of likely N-dealkylation sites (tertiary alicyclic amines) is 1. The van der Waals surface area contributed by atoms with Gasteiger partial charge in [0.15, 0.2) is 0 Å². The third-order valence-corrected chi connectivity index (χ3v) is 10.4. The highest BCUT2D eigenvalue weighted by molar-refractivity contribution is 7.89. The summed E-state index contributed by atoms with van der Waals surface area (Å²) in [6, 6.07) is 10.3. The number of aryl methyl sites for hydroxylation is 1. The van der Waals surface area contributed by atoms with E-state index in [1.165, 1.54) is 27.4 Å². The number of pyridine rings is 1. The predicted molar refractivity (Wildman–Crippen MR) is 165 cm³/mol. The fourth-order valence-corrected chi connectivity index (χ4v) is 7.41. The Hall–Kier alpha value is -4.34. The predicted octanol–water partition coefficient (Wildman–Crippen LogP) is 3.83. The number of carbonyl (C=O) groups excluding carboxylic acids is 2. The Bertz CT molecular complexity index is 1950. The maximum absolute atomic E-state index is 14.8. The second-order valence-electron chi connectivity index (χ2n) is 11.9. The second-order valence-corrected chi connectivity index (χ2v) is 13.8. The SMILES string of the molecule is CN(C)C1CCN(S(=O)(=O)c2cc(C(=O)Nc3cc4cc(-c5cnn(C)c5C(=O)N5CC(F)(F)C5)ccc4cn3)ccc2F)CC1. The van der Waals surface area contributed by atoms with Crippen molar-refractivity contribution in [1.29, 1.82) is 0 Å². The van der Waals surface area contributed by atoms with Crippen molar-refractivity contribution < 1.29 is 31.2 Å². The van der Waals surface area contributed by atoms with Crippen LogP contribution < -0.4 is 5.32 Å². The number of hydrogen-bond acceptors (Lipinski definition) is 7. The van der Waals surface area contributed by atoms with Crippen LogP contribution in [-0.4, -0.2) is 101 Å². The summed E-state index contributed by atoms with van der Waals surface area (Å²) < 4.78 is 70.9. The molecular weight excluding hydrogens is 623 g/mol. The molecule has 2 saturated heterocycles. The minimum Gasteiger partial charge on any atom is -0.325 e. The topological polar surface area (TPSA) is 121 Å². The first kappa shape index (κ1) is 31.6. The standard InChI is InChI=1S/C31H32F3N7O4S/c1-38(2)23-8-10-41(11-9-23)46(44,45)26-13-20(6-7-25(26)32)29(42)37-27-14-22-12-19(4-5-21(22)15-35-27)24-16-36-39(3)28(24)30(43)40-17-31(33,34)18-40/h4-7,12-16,23H,8-11,17-18H2,1-3H3,(H,35,37,42). The summed E-state index contributed by atoms with van der Waals surface area (Å²) in [6.07, 6.45) is 4.24. The van der Waals surface area contributed by atoms with Gasteiger partial charge in [0.05, 0.1) is 19.3 Å². The zero-order chi connectivity index (χ0) is 33.0. The van der Waals surface area contributed by atoms with Gasteiger partial charge in [-0.1, -0.05) is 12.1 Å². The number of hydrogen-bond donors (Lipinski definition) is 1. The molecule has 2 fully saturated rings. The van der Waals surface area contributed by atoms with Gasteiger partial charge in [0.1, 0.15) is 22.2 Å². The monoisotopic (exact) mass is 655 g/mol. The van der Waals surface area contributed by atoms with Gasteiger partial charge in [0.25, 0.3) is 17.7 Å². The first-order chi connectivity index (χ1) is 21.7. The lowest BCUT2D eigenvalue weighted by molar-refractivity contribution is -0.113. The van der Waals surface area contributed by atoms with Crippen molar-refractivity contribution in [2.45, 2.75) is 29.7 Å². The van der Waals surface area contributed by atoms with Crippen LogP contribution in [0.3, 0.4) is 0 Å². The highest BCUT2D eigenvalue weighted by Crippen LogP contribution is 2.33. The molecule has 2 aromatic heterocycles. The molecule has 4 aromatic rings. The van der Waals surface area contributed by atoms with Crippen molar-refractivity contribution in [1.82, 2.24) is 28.9 Å². The average molecular weight is 656 g/mol. The molecule has 0 bridgehead atoms. The molecule has 0 spiro atoms. The van der Waals surface area contributed by atoms with Crippen LogP contribution in [0.15, 0.2) is 59.8 Å². The van der Waals surface area contributed by atoms with Crippen molar-refractivity contribution in [2.24, 2.45) is 7.05 Å². The molecule has 0 unspecified atom stereocenters. The van der Waals surface area contributed by atoms with Gasteiger partial charge >= 0.3 is 0 Å². The van der Waals surface area contributed by atoms with Crippen LogP contribution in [-0.2, 0) is 17.1 Å². The minimum atomic E-state index is -4.17. The van der Waals surface area contributed by atoms with E-state index in [0.717, 1.165) is 17.0 Å². The van der Waals surface area contributed by atoms with E-state index in [9.17, 15) is 31.2 Å². The molecule has 0 radical (unpaired) electrons. The molecule has 242 valence electrons. The number of rotatable bonds is 7. The molecule has 4 heterocycles. The van der Waals surface area contributed by atoms with Crippen LogP contribution in [0, 0.1) is 5.82 Å². The van der Waals surface area contributed by atoms with E-state index in [2.05, 4.69) is 15.4 Å². The molecule has 11 nitrogen and oxygen atoms in total. The summed E-state index contributed by atoms with van der Waals surface area (Å²) in [7, 11) is 1.25. The largest absolute Gasteiger partial charge is 0.325 e. The zero-order valence-corrected chi connectivity index (χ0v) is 26.2. The maximum atomic E-state index is 14.8. The summed E-state index contributed by atoms with van der Waals surface area (Å²) in [5, 5.41) is 8.17. The second kappa shape index (κ2) is 11.8. The molecule has 0 saturated carbocycles. The average Bonchev–Trinajstić information content (AvgIpc) is 3.40. The molecule has 2 aliphatic rings. The third-order valence-electron chi connectivity index (χ3n) is 8.51. The number of amides is 2. The van der Waals surface area contributed by atoms with Crippen LogP contribution in [0.25, 0.3) is 21.9 Å². The smallest absolute Gasteiger partial charge is 0.282 e. The maximum Gasteiger partial charge on any atom is 0.282 e. The summed E-state index contributed by atoms with van der Waals surface area (Å²) in [4.78, 5) is 33.0. The Labute approximate surface area is 263 Å². The zero-order valence-electron chi connectivity index (χ0n) is 25.4. The molecule has 0 aliphatic carbocycles. The van der Waals surface area contributed by atoms with Gasteiger partial charge in [0, 0.05) is 48.9 Å². The van der Waals surface area contributed by atoms with Gasteiger partial charge in [-0.05, 0) is 68.2 Å². The number of halogens is 3. The minimum absolute atomic E-state index is 0.0612. The number of anilines is 1. The Morgan fingerprint density at radius 2 is 1.72 bits per heavy atom. The number of benzene rings is 2. The number of piperidine rings is 1. The summed E-state index contributed by atoms with van der Waals surface area (Å²) in [5.74, 6) is -4.93. The first-order valence-corrected chi connectivity index (χ1v) is 16.0. The van der Waals surface area contributed by atoms with Crippen molar-refractivity contribution >= 4 is 38.4 Å². The Balaban J connectivity index is 1.22. The van der Waals surface area contributed by atoms with Crippen molar-refractivity contribution in [3.05, 3.63) is 71.9 Å². The van der Waals surface area contributed by atoms with Gasteiger partial charge in [-0.3, -0.25) is 14.3 Å². The number of carbonyl (C=O) groups is 2. The van der Waals surface area contributed by atoms with Crippen LogP contribution >= 0.6 is 0 Å². The van der Waals surface area contributed by atoms with E-state index < -0.39 is 51.6 Å². The molecule has 15 heteroatoms. The van der Waals surface area contributed by atoms with Gasteiger partial charge in [-0.15, -0.1) is 0 Å². The lowest BCUT2D eigenvalue weighted by Gasteiger charge is -2.38. The van der Waals surface area contributed by atoms with E-state index in [1.807, 2.05) is 19.0 Å². The van der Waals surface area contributed by atoms with E-state index in [4.69, 9.17) is 0 Å². The van der Waals surface area contributed by atoms with Gasteiger partial charge in [-0.25, -0.2) is 26.6 Å². The lowest BCUT2D eigenvalue weighted by atomic mass is 10.0. The first-order valence-electron chi connectivity index (χ1n) is 14.6. The summed E-state index contributed by atoms with van der Waals surface area (Å²) >= 11 is 0. The summed E-state index contributed by atoms with van der Waals surface area (Å²) in [6.45, 7) is -0.820. The Morgan fingerprint density at radius 3 is 2.39 bits per heavy atom. The lowest BCUT2D eigenvalue weighted by Crippen LogP contribution is -2.58. The molecule has 46 heavy (non-hydrogen) atoms. The van der Waals surface area contributed by atoms with Crippen LogP contribution in [0.4, 0.5) is 19.0 Å². The van der Waals surface area contributed by atoms with Crippen LogP contribution in [0.1, 0.15) is 33.7 Å². The fraction of sp³-hybridized carbons (Fsp3) is 0.355. The molecule has 0 atom stereocenters. The molecule has 6 rings (SSSR count). The van der Waals surface area contributed by atoms with Gasteiger partial charge in [0.2, 0.25) is 10.0 Å². The van der Waals surface area contributed by atoms with E-state index in [1.54, 1.807) is 31.3 Å². The number of nitrogens with zero attached hydrogens (tertiary/aromatic N) is 6. The van der Waals surface area contributed by atoms with Gasteiger partial charge < -0.3 is 15.1 Å². The van der Waals surface area contributed by atoms with Crippen LogP contribution in [0.2, 0.25) is 0 Å². The normalized spacial score (nSPS) is 17.3. The highest BCUT2D eigenvalue weighted by Gasteiger charge is 2.47. The van der Waals surface area contributed by atoms with Crippen molar-refractivity contribution in [3.8, 4) is 11.1 Å². The van der Waals surface area contributed by atoms with E-state index in [0.29, 0.717) is 34.7 Å². The van der Waals surface area contributed by atoms with Crippen molar-refractivity contribution in [3.63, 3.8) is 0 Å². The number of nitrogens with one attached hydrogen (secondary N) is 1. The number of sulfonamides is 1. The molecule has 2 aromatic carbocycles. The quantitative estimate of drug-likeness (QED) is 0.321. The third kappa shape index (κ3) is 5.97. The van der Waals surface area contributed by atoms with E-state index in [-0.39, 0.29) is 36.2 Å². The molecule has 1 N–H and O–H groups in total. The van der Waals surface area contributed by atoms with Crippen molar-refractivity contribution in [2.75, 3.05) is 45.6 Å². The van der Waals surface area contributed by atoms with Crippen LogP contribution in [0.5, 0.6) is 0 Å². The molecule has 2 amide bonds. The Kier molecular flexibility index (Phi) is 8.11. The van der Waals surface area contributed by atoms with Gasteiger partial charge in [-0.2, -0.15) is 9.40 Å². The van der Waals surface area contributed by atoms with E-state index >= 15 is 0 Å². The number of alkyl halides is 2. The number of aromatic nitrogens is 3. The fourth-order valence-electron chi connectivity index (χ4n) is 5.85. The molecular formula is C31H32F3N7O4S. The highest BCUT2D eigenvalue weighted by atomic mass is 32.2. The Morgan fingerprint density at radius 1 is 1.00 bits per heavy atom.